The Morgan fingerprint density at radius 1 is 1.12 bits per heavy atom. The number of rotatable bonds is 5. The fourth-order valence-electron chi connectivity index (χ4n) is 3.37. The molecular formula is C24H28FN3O4. The molecule has 3 amide bonds. The highest BCUT2D eigenvalue weighted by molar-refractivity contribution is 5.98. The summed E-state index contributed by atoms with van der Waals surface area (Å²) < 4.78 is 19.2. The van der Waals surface area contributed by atoms with Crippen LogP contribution in [0, 0.1) is 18.7 Å². The number of carbonyl (C=O) groups is 3. The van der Waals surface area contributed by atoms with Crippen LogP contribution < -0.4 is 10.6 Å². The smallest absolute Gasteiger partial charge is 0.412 e. The van der Waals surface area contributed by atoms with Gasteiger partial charge < -0.3 is 15.0 Å². The van der Waals surface area contributed by atoms with E-state index in [1.165, 1.54) is 12.1 Å². The summed E-state index contributed by atoms with van der Waals surface area (Å²) in [7, 11) is 0. The third-order valence-corrected chi connectivity index (χ3v) is 4.95. The van der Waals surface area contributed by atoms with Crippen molar-refractivity contribution < 1.29 is 23.5 Å². The van der Waals surface area contributed by atoms with Crippen molar-refractivity contribution in [2.24, 2.45) is 5.92 Å². The van der Waals surface area contributed by atoms with Crippen molar-refractivity contribution in [3.63, 3.8) is 0 Å². The summed E-state index contributed by atoms with van der Waals surface area (Å²) in [5.41, 5.74) is 1.61. The fraction of sp³-hybridized carbons (Fsp3) is 0.375. The second-order valence-electron chi connectivity index (χ2n) is 8.97. The lowest BCUT2D eigenvalue weighted by Gasteiger charge is -2.20. The zero-order valence-corrected chi connectivity index (χ0v) is 18.7. The maximum Gasteiger partial charge on any atom is 0.412 e. The number of benzene rings is 2. The molecule has 0 bridgehead atoms. The van der Waals surface area contributed by atoms with Crippen LogP contribution >= 0.6 is 0 Å². The van der Waals surface area contributed by atoms with E-state index >= 15 is 0 Å². The monoisotopic (exact) mass is 441 g/mol. The lowest BCUT2D eigenvalue weighted by Crippen LogP contribution is -2.28. The van der Waals surface area contributed by atoms with Crippen LogP contribution in [-0.2, 0) is 20.9 Å². The van der Waals surface area contributed by atoms with E-state index in [0.29, 0.717) is 18.8 Å². The molecule has 2 aromatic rings. The van der Waals surface area contributed by atoms with Gasteiger partial charge in [0, 0.05) is 25.2 Å². The highest BCUT2D eigenvalue weighted by atomic mass is 19.1. The number of likely N-dealkylation sites (tertiary alicyclic amines) is 1. The Balaban J connectivity index is 1.61. The molecule has 1 heterocycles. The molecule has 0 saturated carbocycles. The lowest BCUT2D eigenvalue weighted by molar-refractivity contribution is -0.128. The molecule has 0 aliphatic carbocycles. The first-order valence-electron chi connectivity index (χ1n) is 10.4. The SMILES string of the molecule is Cc1ccc(CN2CC(C(=O)Nc3ccc(F)c(NC(=O)OC(C)(C)C)c3)CC2=O)cc1. The highest BCUT2D eigenvalue weighted by Gasteiger charge is 2.34. The van der Waals surface area contributed by atoms with Crippen molar-refractivity contribution in [3.05, 3.63) is 59.4 Å². The molecule has 1 atom stereocenters. The van der Waals surface area contributed by atoms with Gasteiger partial charge in [-0.15, -0.1) is 0 Å². The predicted molar refractivity (Wildman–Crippen MR) is 120 cm³/mol. The van der Waals surface area contributed by atoms with Crippen molar-refractivity contribution in [2.75, 3.05) is 17.2 Å². The minimum Gasteiger partial charge on any atom is -0.444 e. The standard InChI is InChI=1S/C24H28FN3O4/c1-15-5-7-16(8-6-15)13-28-14-17(11-21(28)29)22(30)26-18-9-10-19(25)20(12-18)27-23(31)32-24(2,3)4/h5-10,12,17H,11,13-14H2,1-4H3,(H,26,30)(H,27,31). The van der Waals surface area contributed by atoms with E-state index in [9.17, 15) is 18.8 Å². The lowest BCUT2D eigenvalue weighted by atomic mass is 10.1. The number of carbonyl (C=O) groups excluding carboxylic acids is 3. The maximum absolute atomic E-state index is 14.1. The Kier molecular flexibility index (Phi) is 6.81. The first kappa shape index (κ1) is 23.2. The van der Waals surface area contributed by atoms with E-state index < -0.39 is 23.4 Å². The van der Waals surface area contributed by atoms with Crippen LogP contribution in [0.25, 0.3) is 0 Å². The first-order valence-corrected chi connectivity index (χ1v) is 10.4. The van der Waals surface area contributed by atoms with Gasteiger partial charge in [-0.3, -0.25) is 14.9 Å². The molecule has 1 unspecified atom stereocenters. The predicted octanol–water partition coefficient (Wildman–Crippen LogP) is 4.47. The van der Waals surface area contributed by atoms with E-state index in [1.54, 1.807) is 25.7 Å². The molecule has 1 aliphatic rings. The van der Waals surface area contributed by atoms with Crippen LogP contribution in [0.1, 0.15) is 38.3 Å². The molecule has 8 heteroatoms. The Morgan fingerprint density at radius 3 is 2.47 bits per heavy atom. The maximum atomic E-state index is 14.1. The van der Waals surface area contributed by atoms with Crippen LogP contribution in [-0.4, -0.2) is 35.0 Å². The first-order chi connectivity index (χ1) is 15.0. The average Bonchev–Trinajstić information content (AvgIpc) is 3.05. The molecule has 1 aliphatic heterocycles. The molecular weight excluding hydrogens is 413 g/mol. The Bertz CT molecular complexity index is 1010. The Hall–Kier alpha value is -3.42. The number of anilines is 2. The van der Waals surface area contributed by atoms with E-state index in [2.05, 4.69) is 10.6 Å². The largest absolute Gasteiger partial charge is 0.444 e. The van der Waals surface area contributed by atoms with Gasteiger partial charge in [0.1, 0.15) is 11.4 Å². The summed E-state index contributed by atoms with van der Waals surface area (Å²) in [4.78, 5) is 38.7. The summed E-state index contributed by atoms with van der Waals surface area (Å²) >= 11 is 0. The molecule has 1 saturated heterocycles. The van der Waals surface area contributed by atoms with Gasteiger partial charge in [0.05, 0.1) is 11.6 Å². The molecule has 2 N–H and O–H groups in total. The van der Waals surface area contributed by atoms with Crippen LogP contribution in [0.4, 0.5) is 20.6 Å². The van der Waals surface area contributed by atoms with Crippen LogP contribution in [0.5, 0.6) is 0 Å². The number of hydrogen-bond acceptors (Lipinski definition) is 4. The van der Waals surface area contributed by atoms with Crippen LogP contribution in [0.3, 0.4) is 0 Å². The minimum atomic E-state index is -0.798. The molecule has 1 fully saturated rings. The van der Waals surface area contributed by atoms with Gasteiger partial charge in [-0.2, -0.15) is 0 Å². The summed E-state index contributed by atoms with van der Waals surface area (Å²) in [6, 6.07) is 11.8. The van der Waals surface area contributed by atoms with Crippen LogP contribution in [0.15, 0.2) is 42.5 Å². The normalized spacial score (nSPS) is 16.1. The molecule has 0 aromatic heterocycles. The fourth-order valence-corrected chi connectivity index (χ4v) is 3.37. The van der Waals surface area contributed by atoms with Gasteiger partial charge >= 0.3 is 6.09 Å². The molecule has 2 aromatic carbocycles. The quantitative estimate of drug-likeness (QED) is 0.717. The molecule has 7 nitrogen and oxygen atoms in total. The van der Waals surface area contributed by atoms with Crippen molar-refractivity contribution in [1.29, 1.82) is 0 Å². The number of ether oxygens (including phenoxy) is 1. The molecule has 0 spiro atoms. The van der Waals surface area contributed by atoms with Gasteiger partial charge in [-0.05, 0) is 51.5 Å². The molecule has 170 valence electrons. The summed E-state index contributed by atoms with van der Waals surface area (Å²) in [5.74, 6) is -1.59. The number of halogens is 1. The zero-order chi connectivity index (χ0) is 23.5. The summed E-state index contributed by atoms with van der Waals surface area (Å²) in [5, 5.41) is 5.05. The van der Waals surface area contributed by atoms with E-state index in [0.717, 1.165) is 17.2 Å². The topological polar surface area (TPSA) is 87.7 Å². The van der Waals surface area contributed by atoms with Gasteiger partial charge in [-0.1, -0.05) is 29.8 Å². The number of nitrogens with zero attached hydrogens (tertiary/aromatic N) is 1. The van der Waals surface area contributed by atoms with Crippen molar-refractivity contribution in [3.8, 4) is 0 Å². The Morgan fingerprint density at radius 2 is 1.81 bits per heavy atom. The number of aryl methyl sites for hydroxylation is 1. The van der Waals surface area contributed by atoms with Crippen molar-refractivity contribution in [2.45, 2.75) is 46.3 Å². The van der Waals surface area contributed by atoms with Gasteiger partial charge in [-0.25, -0.2) is 9.18 Å². The molecule has 3 rings (SSSR count). The molecule has 32 heavy (non-hydrogen) atoms. The summed E-state index contributed by atoms with van der Waals surface area (Å²) in [6.45, 7) is 7.85. The van der Waals surface area contributed by atoms with Crippen LogP contribution in [0.2, 0.25) is 0 Å². The van der Waals surface area contributed by atoms with Crippen molar-refractivity contribution in [1.82, 2.24) is 4.90 Å². The summed E-state index contributed by atoms with van der Waals surface area (Å²) in [6.07, 6.45) is -0.685. The second kappa shape index (κ2) is 9.38. The van der Waals surface area contributed by atoms with E-state index in [4.69, 9.17) is 4.74 Å². The van der Waals surface area contributed by atoms with E-state index in [1.807, 2.05) is 31.2 Å². The zero-order valence-electron chi connectivity index (χ0n) is 18.7. The number of nitrogens with one attached hydrogen (secondary N) is 2. The van der Waals surface area contributed by atoms with Gasteiger partial charge in [0.15, 0.2) is 0 Å². The Labute approximate surface area is 186 Å². The minimum absolute atomic E-state index is 0.0860. The second-order valence-corrected chi connectivity index (χ2v) is 8.97. The number of hydrogen-bond donors (Lipinski definition) is 2. The van der Waals surface area contributed by atoms with Gasteiger partial charge in [0.2, 0.25) is 11.8 Å². The third kappa shape index (κ3) is 6.29. The van der Waals surface area contributed by atoms with Crippen molar-refractivity contribution >= 4 is 29.3 Å². The molecule has 0 radical (unpaired) electrons. The average molecular weight is 442 g/mol. The van der Waals surface area contributed by atoms with Gasteiger partial charge in [0.25, 0.3) is 0 Å². The van der Waals surface area contributed by atoms with E-state index in [-0.39, 0.29) is 23.9 Å². The number of amides is 3. The third-order valence-electron chi connectivity index (χ3n) is 4.95. The highest BCUT2D eigenvalue weighted by Crippen LogP contribution is 2.25.